The van der Waals surface area contributed by atoms with Crippen LogP contribution in [0.25, 0.3) is 0 Å². The number of carbonyl (C=O) groups excluding carboxylic acids is 1. The number of ether oxygens (including phenoxy) is 1. The Labute approximate surface area is 113 Å². The van der Waals surface area contributed by atoms with Crippen molar-refractivity contribution in [2.45, 2.75) is 51.4 Å². The van der Waals surface area contributed by atoms with Gasteiger partial charge in [-0.1, -0.05) is 24.3 Å². The maximum absolute atomic E-state index is 11.8. The summed E-state index contributed by atoms with van der Waals surface area (Å²) < 4.78 is 5.27. The lowest BCUT2D eigenvalue weighted by atomic mass is 9.86. The lowest BCUT2D eigenvalue weighted by Gasteiger charge is -2.30. The third-order valence-corrected chi connectivity index (χ3v) is 3.15. The summed E-state index contributed by atoms with van der Waals surface area (Å²) >= 11 is 0. The highest BCUT2D eigenvalue weighted by Crippen LogP contribution is 2.35. The number of rotatable bonds is 1. The van der Waals surface area contributed by atoms with Gasteiger partial charge < -0.3 is 15.2 Å². The molecule has 19 heavy (non-hydrogen) atoms. The highest BCUT2D eigenvalue weighted by molar-refractivity contribution is 5.68. The van der Waals surface area contributed by atoms with Gasteiger partial charge in [0.2, 0.25) is 0 Å². The first-order chi connectivity index (χ1) is 8.87. The first kappa shape index (κ1) is 13.9. The molecule has 1 aliphatic carbocycles. The zero-order valence-corrected chi connectivity index (χ0v) is 11.6. The number of fused-ring (bicyclic) bond motifs is 1. The first-order valence-corrected chi connectivity index (χ1v) is 6.63. The zero-order valence-electron chi connectivity index (χ0n) is 11.6. The van der Waals surface area contributed by atoms with Crippen LogP contribution < -0.4 is 5.32 Å². The zero-order chi connectivity index (χ0) is 14.0. The predicted molar refractivity (Wildman–Crippen MR) is 72.7 cm³/mol. The van der Waals surface area contributed by atoms with Crippen molar-refractivity contribution in [2.75, 3.05) is 0 Å². The van der Waals surface area contributed by atoms with Crippen LogP contribution in [0, 0.1) is 0 Å². The van der Waals surface area contributed by atoms with E-state index in [2.05, 4.69) is 5.32 Å². The van der Waals surface area contributed by atoms with Gasteiger partial charge in [0.15, 0.2) is 0 Å². The van der Waals surface area contributed by atoms with Crippen LogP contribution in [0.15, 0.2) is 24.3 Å². The number of alkyl carbamates (subject to hydrolysis) is 1. The van der Waals surface area contributed by atoms with E-state index in [1.165, 1.54) is 0 Å². The minimum absolute atomic E-state index is 0.0885. The minimum Gasteiger partial charge on any atom is -0.444 e. The van der Waals surface area contributed by atoms with Crippen molar-refractivity contribution in [2.24, 2.45) is 0 Å². The molecule has 0 heterocycles. The first-order valence-electron chi connectivity index (χ1n) is 6.63. The second-order valence-electron chi connectivity index (χ2n) is 5.92. The fourth-order valence-corrected chi connectivity index (χ4v) is 2.37. The quantitative estimate of drug-likeness (QED) is 0.818. The van der Waals surface area contributed by atoms with E-state index in [0.717, 1.165) is 17.5 Å². The van der Waals surface area contributed by atoms with Crippen LogP contribution in [-0.4, -0.2) is 16.8 Å². The standard InChI is InChI=1S/C15H21NO3/c1-15(2,3)19-14(18)16-12-8-9-13(17)11-7-5-4-6-10(11)12/h4-7,12-13,17H,8-9H2,1-3H3,(H,16,18)/t12-,13?/m0/s1. The van der Waals surface area contributed by atoms with E-state index < -0.39 is 17.8 Å². The van der Waals surface area contributed by atoms with Crippen LogP contribution >= 0.6 is 0 Å². The Kier molecular flexibility index (Phi) is 3.80. The van der Waals surface area contributed by atoms with Crippen molar-refractivity contribution < 1.29 is 14.6 Å². The summed E-state index contributed by atoms with van der Waals surface area (Å²) in [6, 6.07) is 7.58. The Morgan fingerprint density at radius 3 is 2.53 bits per heavy atom. The lowest BCUT2D eigenvalue weighted by molar-refractivity contribution is 0.0485. The van der Waals surface area contributed by atoms with Crippen molar-refractivity contribution in [1.29, 1.82) is 0 Å². The maximum Gasteiger partial charge on any atom is 0.408 e. The molecule has 0 spiro atoms. The fourth-order valence-electron chi connectivity index (χ4n) is 2.37. The number of hydrogen-bond donors (Lipinski definition) is 2. The average molecular weight is 263 g/mol. The van der Waals surface area contributed by atoms with E-state index in [1.54, 1.807) is 0 Å². The Bertz CT molecular complexity index is 465. The molecule has 4 nitrogen and oxygen atoms in total. The third kappa shape index (κ3) is 3.47. The van der Waals surface area contributed by atoms with Crippen molar-refractivity contribution in [3.05, 3.63) is 35.4 Å². The predicted octanol–water partition coefficient (Wildman–Crippen LogP) is 3.08. The Hall–Kier alpha value is -1.55. The van der Waals surface area contributed by atoms with Gasteiger partial charge in [-0.2, -0.15) is 0 Å². The largest absolute Gasteiger partial charge is 0.444 e. The topological polar surface area (TPSA) is 58.6 Å². The number of aliphatic hydroxyl groups is 1. The smallest absolute Gasteiger partial charge is 0.408 e. The highest BCUT2D eigenvalue weighted by Gasteiger charge is 2.28. The van der Waals surface area contributed by atoms with Gasteiger partial charge in [-0.05, 0) is 44.7 Å². The second-order valence-corrected chi connectivity index (χ2v) is 5.92. The van der Waals surface area contributed by atoms with Crippen molar-refractivity contribution >= 4 is 6.09 Å². The van der Waals surface area contributed by atoms with E-state index in [4.69, 9.17) is 4.74 Å². The molecule has 0 saturated heterocycles. The molecule has 2 atom stereocenters. The van der Waals surface area contributed by atoms with Crippen molar-refractivity contribution in [3.8, 4) is 0 Å². The van der Waals surface area contributed by atoms with Gasteiger partial charge >= 0.3 is 6.09 Å². The van der Waals surface area contributed by atoms with E-state index in [1.807, 2.05) is 45.0 Å². The molecule has 0 aliphatic heterocycles. The van der Waals surface area contributed by atoms with Gasteiger partial charge in [-0.3, -0.25) is 0 Å². The molecule has 2 N–H and O–H groups in total. The molecule has 0 aromatic heterocycles. The summed E-state index contributed by atoms with van der Waals surface area (Å²) in [6.45, 7) is 5.52. The molecule has 1 aliphatic rings. The summed E-state index contributed by atoms with van der Waals surface area (Å²) in [7, 11) is 0. The molecule has 0 bridgehead atoms. The van der Waals surface area contributed by atoms with E-state index >= 15 is 0 Å². The molecule has 2 rings (SSSR count). The summed E-state index contributed by atoms with van der Waals surface area (Å²) in [5.41, 5.74) is 1.37. The van der Waals surface area contributed by atoms with Crippen LogP contribution in [0.3, 0.4) is 0 Å². The molecular formula is C15H21NO3. The number of aliphatic hydroxyl groups excluding tert-OH is 1. The number of nitrogens with one attached hydrogen (secondary N) is 1. The lowest BCUT2D eigenvalue weighted by Crippen LogP contribution is -2.36. The van der Waals surface area contributed by atoms with Gasteiger partial charge in [0.1, 0.15) is 5.60 Å². The number of benzene rings is 1. The van der Waals surface area contributed by atoms with Gasteiger partial charge in [-0.25, -0.2) is 4.79 Å². The average Bonchev–Trinajstić information content (AvgIpc) is 2.31. The van der Waals surface area contributed by atoms with Crippen molar-refractivity contribution in [1.82, 2.24) is 5.32 Å². The Morgan fingerprint density at radius 2 is 1.89 bits per heavy atom. The van der Waals surface area contributed by atoms with Crippen LogP contribution in [0.2, 0.25) is 0 Å². The van der Waals surface area contributed by atoms with Crippen molar-refractivity contribution in [3.63, 3.8) is 0 Å². The maximum atomic E-state index is 11.8. The highest BCUT2D eigenvalue weighted by atomic mass is 16.6. The molecule has 1 aromatic rings. The molecule has 1 amide bonds. The summed E-state index contributed by atoms with van der Waals surface area (Å²) in [4.78, 5) is 11.8. The molecule has 0 saturated carbocycles. The van der Waals surface area contributed by atoms with E-state index in [0.29, 0.717) is 6.42 Å². The van der Waals surface area contributed by atoms with E-state index in [9.17, 15) is 9.90 Å². The molecule has 1 unspecified atom stereocenters. The number of amides is 1. The molecule has 1 aromatic carbocycles. The van der Waals surface area contributed by atoms with E-state index in [-0.39, 0.29) is 6.04 Å². The third-order valence-electron chi connectivity index (χ3n) is 3.15. The normalized spacial score (nSPS) is 22.5. The Balaban J connectivity index is 2.11. The van der Waals surface area contributed by atoms with Crippen LogP contribution in [0.5, 0.6) is 0 Å². The monoisotopic (exact) mass is 263 g/mol. The Morgan fingerprint density at radius 1 is 1.26 bits per heavy atom. The summed E-state index contributed by atoms with van der Waals surface area (Å²) in [5, 5.41) is 12.8. The molecule has 0 fully saturated rings. The molecule has 104 valence electrons. The van der Waals surface area contributed by atoms with Crippen LogP contribution in [0.1, 0.15) is 56.9 Å². The van der Waals surface area contributed by atoms with Gasteiger partial charge in [0, 0.05) is 0 Å². The number of carbonyl (C=O) groups is 1. The summed E-state index contributed by atoms with van der Waals surface area (Å²) in [6.07, 6.45) is 0.520. The van der Waals surface area contributed by atoms with Crippen LogP contribution in [0.4, 0.5) is 4.79 Å². The molecular weight excluding hydrogens is 242 g/mol. The van der Waals surface area contributed by atoms with Gasteiger partial charge in [0.05, 0.1) is 12.1 Å². The molecule has 4 heteroatoms. The minimum atomic E-state index is -0.502. The molecule has 0 radical (unpaired) electrons. The van der Waals surface area contributed by atoms with Gasteiger partial charge in [-0.15, -0.1) is 0 Å². The van der Waals surface area contributed by atoms with Gasteiger partial charge in [0.25, 0.3) is 0 Å². The SMILES string of the molecule is CC(C)(C)OC(=O)N[C@H]1CCC(O)c2ccccc21. The summed E-state index contributed by atoms with van der Waals surface area (Å²) in [5.74, 6) is 0. The fraction of sp³-hybridized carbons (Fsp3) is 0.533. The second kappa shape index (κ2) is 5.21. The van der Waals surface area contributed by atoms with Crippen LogP contribution in [-0.2, 0) is 4.74 Å². The number of hydrogen-bond acceptors (Lipinski definition) is 3.